The number of nitrogens with one attached hydrogen (secondary N) is 2. The molecule has 0 bridgehead atoms. The van der Waals surface area contributed by atoms with Crippen LogP contribution in [-0.4, -0.2) is 43.4 Å². The molecule has 0 saturated carbocycles. The highest BCUT2D eigenvalue weighted by atomic mass is 32.1. The van der Waals surface area contributed by atoms with Crippen LogP contribution in [0.3, 0.4) is 0 Å². The van der Waals surface area contributed by atoms with E-state index >= 15 is 0 Å². The molecule has 1 aliphatic rings. The maximum absolute atomic E-state index is 12.9. The van der Waals surface area contributed by atoms with Gasteiger partial charge in [-0.25, -0.2) is 0 Å². The average molecular weight is 432 g/mol. The van der Waals surface area contributed by atoms with E-state index in [4.69, 9.17) is 4.74 Å². The second-order valence-electron chi connectivity index (χ2n) is 7.10. The highest BCUT2D eigenvalue weighted by Crippen LogP contribution is 2.38. The van der Waals surface area contributed by atoms with Crippen molar-refractivity contribution in [2.24, 2.45) is 0 Å². The molecule has 1 heterocycles. The topological polar surface area (TPSA) is 111 Å². The highest BCUT2D eigenvalue weighted by molar-refractivity contribution is 7.16. The van der Waals surface area contributed by atoms with Crippen molar-refractivity contribution in [2.75, 3.05) is 32.1 Å². The van der Waals surface area contributed by atoms with Crippen molar-refractivity contribution < 1.29 is 19.2 Å². The van der Waals surface area contributed by atoms with Crippen molar-refractivity contribution in [1.82, 2.24) is 5.32 Å². The Balaban J connectivity index is 1.74. The summed E-state index contributed by atoms with van der Waals surface area (Å²) < 4.78 is 5.02. The fraction of sp³-hybridized carbons (Fsp3) is 0.429. The van der Waals surface area contributed by atoms with Crippen LogP contribution in [0.1, 0.15) is 50.4 Å². The molecule has 8 nitrogen and oxygen atoms in total. The van der Waals surface area contributed by atoms with Gasteiger partial charge in [-0.1, -0.05) is 12.1 Å². The molecule has 0 saturated heterocycles. The number of amides is 1. The summed E-state index contributed by atoms with van der Waals surface area (Å²) >= 11 is 1.52. The van der Waals surface area contributed by atoms with Crippen molar-refractivity contribution in [1.29, 1.82) is 0 Å². The SMILES string of the molecule is COCCCNC(=O)c1c(NCC(=O)c2cccc([N+](=O)[O-])c2)sc2c1CCCC2. The minimum absolute atomic E-state index is 0.0372. The maximum Gasteiger partial charge on any atom is 0.270 e. The number of carbonyl (C=O) groups is 2. The van der Waals surface area contributed by atoms with E-state index in [0.717, 1.165) is 37.7 Å². The fourth-order valence-electron chi connectivity index (χ4n) is 3.49. The van der Waals surface area contributed by atoms with Crippen molar-refractivity contribution >= 4 is 33.7 Å². The molecule has 0 radical (unpaired) electrons. The zero-order chi connectivity index (χ0) is 21.5. The number of non-ortho nitro benzene ring substituents is 1. The van der Waals surface area contributed by atoms with E-state index in [-0.39, 0.29) is 29.5 Å². The standard InChI is InChI=1S/C21H25N3O5S/c1-29-11-5-10-22-20(26)19-16-8-2-3-9-18(16)30-21(19)23-13-17(25)14-6-4-7-15(12-14)24(27)28/h4,6-7,12,23H,2-3,5,8-11,13H2,1H3,(H,22,26). The number of methoxy groups -OCH3 is 1. The summed E-state index contributed by atoms with van der Waals surface area (Å²) in [5, 5.41) is 17.7. The zero-order valence-corrected chi connectivity index (χ0v) is 17.7. The van der Waals surface area contributed by atoms with Crippen molar-refractivity contribution in [3.05, 3.63) is 55.9 Å². The number of Topliss-reactive ketones (excluding diaryl/α,β-unsaturated/α-hetero) is 1. The van der Waals surface area contributed by atoms with Gasteiger partial charge in [0.2, 0.25) is 0 Å². The molecule has 30 heavy (non-hydrogen) atoms. The van der Waals surface area contributed by atoms with Gasteiger partial charge in [-0.05, 0) is 37.7 Å². The molecule has 0 aliphatic heterocycles. The van der Waals surface area contributed by atoms with Crippen LogP contribution in [0.2, 0.25) is 0 Å². The Labute approximate surface area is 178 Å². The van der Waals surface area contributed by atoms with Crippen LogP contribution in [0.25, 0.3) is 0 Å². The van der Waals surface area contributed by atoms with E-state index in [1.807, 2.05) is 0 Å². The number of hydrogen-bond acceptors (Lipinski definition) is 7. The van der Waals surface area contributed by atoms with Crippen LogP contribution in [0.4, 0.5) is 10.7 Å². The molecular formula is C21H25N3O5S. The number of aryl methyl sites for hydroxylation is 1. The van der Waals surface area contributed by atoms with Crippen LogP contribution in [0, 0.1) is 10.1 Å². The fourth-order valence-corrected chi connectivity index (χ4v) is 4.78. The number of hydrogen-bond donors (Lipinski definition) is 2. The molecule has 2 N–H and O–H groups in total. The maximum atomic E-state index is 12.9. The lowest BCUT2D eigenvalue weighted by Crippen LogP contribution is -2.27. The smallest absolute Gasteiger partial charge is 0.270 e. The monoisotopic (exact) mass is 431 g/mol. The molecule has 1 aromatic heterocycles. The third kappa shape index (κ3) is 5.22. The second-order valence-corrected chi connectivity index (χ2v) is 8.21. The summed E-state index contributed by atoms with van der Waals surface area (Å²) in [4.78, 5) is 37.0. The zero-order valence-electron chi connectivity index (χ0n) is 16.9. The number of nitrogens with zero attached hydrogens (tertiary/aromatic N) is 1. The third-order valence-electron chi connectivity index (χ3n) is 5.00. The van der Waals surface area contributed by atoms with Gasteiger partial charge in [0, 0.05) is 42.8 Å². The van der Waals surface area contributed by atoms with Gasteiger partial charge in [0.05, 0.1) is 17.0 Å². The van der Waals surface area contributed by atoms with Gasteiger partial charge in [0.1, 0.15) is 5.00 Å². The predicted octanol–water partition coefficient (Wildman–Crippen LogP) is 3.60. The highest BCUT2D eigenvalue weighted by Gasteiger charge is 2.25. The summed E-state index contributed by atoms with van der Waals surface area (Å²) in [6, 6.07) is 5.67. The Bertz CT molecular complexity index is 941. The lowest BCUT2D eigenvalue weighted by atomic mass is 9.95. The van der Waals surface area contributed by atoms with Gasteiger partial charge >= 0.3 is 0 Å². The molecular weight excluding hydrogens is 406 g/mol. The number of ketones is 1. The molecule has 0 atom stereocenters. The number of rotatable bonds is 10. The number of anilines is 1. The van der Waals surface area contributed by atoms with Gasteiger partial charge in [0.15, 0.2) is 5.78 Å². The quantitative estimate of drug-likeness (QED) is 0.257. The summed E-state index contributed by atoms with van der Waals surface area (Å²) in [7, 11) is 1.62. The van der Waals surface area contributed by atoms with Crippen molar-refractivity contribution in [3.8, 4) is 0 Å². The molecule has 160 valence electrons. The van der Waals surface area contributed by atoms with Crippen molar-refractivity contribution in [3.63, 3.8) is 0 Å². The number of fused-ring (bicyclic) bond motifs is 1. The molecule has 1 amide bonds. The summed E-state index contributed by atoms with van der Waals surface area (Å²) in [6.45, 7) is 1.05. The number of benzene rings is 1. The average Bonchev–Trinajstić information content (AvgIpc) is 3.13. The molecule has 3 rings (SSSR count). The number of ether oxygens (including phenoxy) is 1. The minimum Gasteiger partial charge on any atom is -0.385 e. The van der Waals surface area contributed by atoms with Crippen LogP contribution < -0.4 is 10.6 Å². The molecule has 0 fully saturated rings. The first-order valence-electron chi connectivity index (χ1n) is 9.94. The van der Waals surface area contributed by atoms with Crippen molar-refractivity contribution in [2.45, 2.75) is 32.1 Å². The molecule has 1 aromatic carbocycles. The van der Waals surface area contributed by atoms with Gasteiger partial charge < -0.3 is 15.4 Å². The van der Waals surface area contributed by atoms with Crippen LogP contribution in [-0.2, 0) is 17.6 Å². The first-order valence-corrected chi connectivity index (χ1v) is 10.8. The van der Waals surface area contributed by atoms with E-state index in [1.165, 1.54) is 34.4 Å². The van der Waals surface area contributed by atoms with E-state index in [0.29, 0.717) is 23.7 Å². The van der Waals surface area contributed by atoms with Crippen LogP contribution >= 0.6 is 11.3 Å². The van der Waals surface area contributed by atoms with Crippen LogP contribution in [0.15, 0.2) is 24.3 Å². The summed E-state index contributed by atoms with van der Waals surface area (Å²) in [5.41, 5.74) is 1.84. The lowest BCUT2D eigenvalue weighted by Gasteiger charge is -2.13. The lowest BCUT2D eigenvalue weighted by molar-refractivity contribution is -0.384. The van der Waals surface area contributed by atoms with E-state index < -0.39 is 4.92 Å². The Hall–Kier alpha value is -2.78. The minimum atomic E-state index is -0.524. The predicted molar refractivity (Wildman–Crippen MR) is 116 cm³/mol. The first kappa shape index (κ1) is 21.9. The molecule has 9 heteroatoms. The van der Waals surface area contributed by atoms with Gasteiger partial charge in [-0.15, -0.1) is 11.3 Å². The summed E-state index contributed by atoms with van der Waals surface area (Å²) in [5.74, 6) is -0.410. The van der Waals surface area contributed by atoms with Gasteiger partial charge in [-0.3, -0.25) is 19.7 Å². The number of thiophene rings is 1. The van der Waals surface area contributed by atoms with E-state index in [9.17, 15) is 19.7 Å². The van der Waals surface area contributed by atoms with Crippen LogP contribution in [0.5, 0.6) is 0 Å². The Kier molecular flexibility index (Phi) is 7.53. The Morgan fingerprint density at radius 2 is 2.07 bits per heavy atom. The molecule has 1 aliphatic carbocycles. The number of carbonyl (C=O) groups excluding carboxylic acids is 2. The number of nitro benzene ring substituents is 1. The number of nitro groups is 1. The Morgan fingerprint density at radius 1 is 1.27 bits per heavy atom. The van der Waals surface area contributed by atoms with E-state index in [2.05, 4.69) is 10.6 Å². The molecule has 2 aromatic rings. The second kappa shape index (κ2) is 10.3. The first-order chi connectivity index (χ1) is 14.5. The molecule has 0 spiro atoms. The van der Waals surface area contributed by atoms with Gasteiger partial charge in [0.25, 0.3) is 11.6 Å². The molecule has 0 unspecified atom stereocenters. The normalized spacial score (nSPS) is 12.8. The summed E-state index contributed by atoms with van der Waals surface area (Å²) in [6.07, 6.45) is 4.65. The third-order valence-corrected chi connectivity index (χ3v) is 6.25. The largest absolute Gasteiger partial charge is 0.385 e. The van der Waals surface area contributed by atoms with E-state index in [1.54, 1.807) is 13.2 Å². The Morgan fingerprint density at radius 3 is 2.83 bits per heavy atom. The van der Waals surface area contributed by atoms with Gasteiger partial charge in [-0.2, -0.15) is 0 Å².